The number of rotatable bonds is 19. The second-order valence-electron chi connectivity index (χ2n) is 41.2. The van der Waals surface area contributed by atoms with E-state index in [1.807, 2.05) is 0 Å². The summed E-state index contributed by atoms with van der Waals surface area (Å²) in [5.74, 6) is 6.49. The van der Waals surface area contributed by atoms with E-state index in [0.717, 1.165) is 170 Å². The second kappa shape index (κ2) is 55.0. The molecule has 16 rings (SSSR count). The third kappa shape index (κ3) is 35.8. The Morgan fingerprint density at radius 2 is 0.607 bits per heavy atom. The standard InChI is InChI=1S/C13H23F3N2.C13H24N2O2.C13H26N2O.C12H21F3N2.C12H23FN2.C12H24N2.C11H22N2.C10H20N2/c1-17-8-4-11(5-9-17)12-3-2-7-18(12)10-6-13(14,15)16;1-14-8-5-11(6-9-14)12-4-3-7-15(12)10-13(16)17-2;1-14-8-5-12(6-9-14)13-4-3-7-15(13)10-11-16-2;1-16-7-4-10(5-8-16)11-3-2-6-17(11)9-12(13,14)15;1-14-8-4-11(5-9-14)12-3-2-7-15(12)10-6-13;1-3-14-8-4-5-12(14)11-6-9-13(2)10-7-11;1-12-8-5-10(6-9-12)11-4-3-7-13(11)2;1-12-7-4-9(5-8-12)10-3-2-6-11-10/h11-12H,2-10H2,1H3;11-12H,3-10H2,1-2H3;12-13H,3-11H2,1-2H3;10-11H,2-9H2,1H3;11-12H,2-10H2,1H3;11-12H,3-10H2,1-2H3;10-11H,3-9H2,1-2H3;9-11H,2-8H2,1H3/t2*12-;13-;11-;2*12-;;/m000000../s1. The number of piperidine rings is 8. The Morgan fingerprint density at radius 3 is 0.910 bits per heavy atom. The summed E-state index contributed by atoms with van der Waals surface area (Å²) in [7, 11) is 23.1. The first kappa shape index (κ1) is 104. The summed E-state index contributed by atoms with van der Waals surface area (Å²) in [4.78, 5) is 47.0. The second-order valence-corrected chi connectivity index (χ2v) is 41.2. The van der Waals surface area contributed by atoms with Crippen molar-refractivity contribution in [2.24, 2.45) is 47.3 Å². The van der Waals surface area contributed by atoms with E-state index in [-0.39, 0.29) is 25.2 Å². The summed E-state index contributed by atoms with van der Waals surface area (Å²) in [5.41, 5.74) is 0. The number of halogens is 7. The molecule has 1 N–H and O–H groups in total. The highest BCUT2D eigenvalue weighted by Crippen LogP contribution is 2.39. The summed E-state index contributed by atoms with van der Waals surface area (Å²) in [6.45, 7) is 34.5. The summed E-state index contributed by atoms with van der Waals surface area (Å²) < 4.78 is 96.6. The Morgan fingerprint density at radius 1 is 0.320 bits per heavy atom. The highest BCUT2D eigenvalue weighted by molar-refractivity contribution is 5.71. The van der Waals surface area contributed by atoms with Crippen molar-refractivity contribution in [3.8, 4) is 0 Å². The first-order valence-electron chi connectivity index (χ1n) is 50.3. The lowest BCUT2D eigenvalue weighted by Gasteiger charge is -2.37. The predicted octanol–water partition coefficient (Wildman–Crippen LogP) is 13.6. The van der Waals surface area contributed by atoms with Crippen LogP contribution in [0.3, 0.4) is 0 Å². The lowest BCUT2D eigenvalue weighted by atomic mass is 9.88. The number of ether oxygens (including phenoxy) is 2. The predicted molar refractivity (Wildman–Crippen MR) is 488 cm³/mol. The monoisotopic (exact) mass is 1740 g/mol. The van der Waals surface area contributed by atoms with E-state index in [1.54, 1.807) is 12.0 Å². The van der Waals surface area contributed by atoms with Gasteiger partial charge in [0, 0.05) is 75.1 Å². The molecule has 0 aromatic rings. The minimum absolute atomic E-state index is 0.0928. The SMILES string of the molecule is CCN1CCC[C@H]1C1CCN(C)CC1.CN1CCC(C2CCCN2)CC1.CN1CCC(C2CCCN2C)CC1.CN1CCC([C@@H]2CCCN2CC(F)(F)F)CC1.CN1CCC([C@@H]2CCCN2CCC(F)(F)F)CC1.CN1CCC([C@@H]2CCCN2CCF)CC1.COC(=O)CN1CCC[C@H]1C1CCN(C)CC1.COCCN1CCC[C@H]1C1CCN(C)CC1. The topological polar surface area (TPSA) is 96.2 Å². The van der Waals surface area contributed by atoms with Crippen molar-refractivity contribution in [3.63, 3.8) is 0 Å². The van der Waals surface area contributed by atoms with Crippen molar-refractivity contribution in [1.82, 2.24) is 78.8 Å². The van der Waals surface area contributed by atoms with E-state index in [1.165, 1.54) is 272 Å². The van der Waals surface area contributed by atoms with Gasteiger partial charge in [-0.25, -0.2) is 4.39 Å². The summed E-state index contributed by atoms with van der Waals surface area (Å²) in [6.07, 6.45) is 32.6. The molecule has 122 heavy (non-hydrogen) atoms. The van der Waals surface area contributed by atoms with Gasteiger partial charge in [0.25, 0.3) is 0 Å². The van der Waals surface area contributed by atoms with E-state index in [4.69, 9.17) is 9.47 Å². The number of hydrogen-bond acceptors (Lipinski definition) is 19. The van der Waals surface area contributed by atoms with Crippen LogP contribution in [0.4, 0.5) is 30.7 Å². The third-order valence-electron chi connectivity index (χ3n) is 32.6. The van der Waals surface area contributed by atoms with Crippen LogP contribution < -0.4 is 5.32 Å². The zero-order chi connectivity index (χ0) is 87.6. The molecule has 0 radical (unpaired) electrons. The van der Waals surface area contributed by atoms with Crippen molar-refractivity contribution in [1.29, 1.82) is 0 Å². The maximum Gasteiger partial charge on any atom is 0.401 e. The summed E-state index contributed by atoms with van der Waals surface area (Å²) in [6, 6.07) is 5.42. The van der Waals surface area contributed by atoms with Crippen LogP contribution in [0.2, 0.25) is 0 Å². The quantitative estimate of drug-likeness (QED) is 0.0981. The van der Waals surface area contributed by atoms with Gasteiger partial charge in [-0.15, -0.1) is 0 Å². The van der Waals surface area contributed by atoms with Crippen molar-refractivity contribution < 1.29 is 45.0 Å². The molecular weight excluding hydrogens is 1560 g/mol. The van der Waals surface area contributed by atoms with Gasteiger partial charge in [-0.2, -0.15) is 26.3 Å². The van der Waals surface area contributed by atoms with E-state index in [0.29, 0.717) is 49.6 Å². The smallest absolute Gasteiger partial charge is 0.401 e. The van der Waals surface area contributed by atoms with Gasteiger partial charge in [0.05, 0.1) is 33.2 Å². The molecular formula is C96H183F7N16O3. The van der Waals surface area contributed by atoms with Crippen LogP contribution in [0.5, 0.6) is 0 Å². The number of hydrogen-bond donors (Lipinski definition) is 1. The van der Waals surface area contributed by atoms with Crippen LogP contribution >= 0.6 is 0 Å². The van der Waals surface area contributed by atoms with E-state index >= 15 is 0 Å². The molecule has 16 fully saturated rings. The van der Waals surface area contributed by atoms with Crippen LogP contribution in [-0.2, 0) is 14.3 Å². The van der Waals surface area contributed by atoms with Crippen molar-refractivity contribution in [3.05, 3.63) is 0 Å². The highest BCUT2D eigenvalue weighted by atomic mass is 19.4. The van der Waals surface area contributed by atoms with Gasteiger partial charge in [-0.3, -0.25) is 29.3 Å². The molecule has 16 heterocycles. The van der Waals surface area contributed by atoms with Crippen LogP contribution in [0.25, 0.3) is 0 Å². The summed E-state index contributed by atoms with van der Waals surface area (Å²) >= 11 is 0. The number of methoxy groups -OCH3 is 2. The maximum atomic E-state index is 12.5. The van der Waals surface area contributed by atoms with E-state index < -0.39 is 25.3 Å². The zero-order valence-electron chi connectivity index (χ0n) is 79.8. The van der Waals surface area contributed by atoms with Crippen molar-refractivity contribution >= 4 is 5.97 Å². The molecule has 0 amide bonds. The van der Waals surface area contributed by atoms with Crippen LogP contribution in [0, 0.1) is 47.3 Å². The molecule has 0 aliphatic carbocycles. The zero-order valence-corrected chi connectivity index (χ0v) is 79.8. The molecule has 0 bridgehead atoms. The molecule has 16 aliphatic heterocycles. The van der Waals surface area contributed by atoms with Gasteiger partial charge < -0.3 is 63.8 Å². The van der Waals surface area contributed by atoms with Gasteiger partial charge in [0.15, 0.2) is 0 Å². The average Bonchev–Trinajstić information content (AvgIpc) is 2.26. The fraction of sp³-hybridized carbons (Fsp3) is 0.990. The molecule has 0 spiro atoms. The molecule has 16 saturated heterocycles. The number of esters is 1. The number of carbonyl (C=O) groups is 1. The third-order valence-corrected chi connectivity index (χ3v) is 32.6. The number of nitrogens with one attached hydrogen (secondary N) is 1. The van der Waals surface area contributed by atoms with E-state index in [2.05, 4.69) is 144 Å². The number of nitrogens with zero attached hydrogens (tertiary/aromatic N) is 15. The molecule has 0 aromatic heterocycles. The average molecular weight is 1740 g/mol. The molecule has 2 unspecified atom stereocenters. The van der Waals surface area contributed by atoms with Crippen molar-refractivity contribution in [2.45, 2.75) is 279 Å². The van der Waals surface area contributed by atoms with Crippen molar-refractivity contribution in [2.75, 3.05) is 287 Å². The fourth-order valence-electron chi connectivity index (χ4n) is 25.0. The number of likely N-dealkylation sites (tertiary alicyclic amines) is 15. The lowest BCUT2D eigenvalue weighted by molar-refractivity contribution is -0.150. The van der Waals surface area contributed by atoms with Gasteiger partial charge in [0.2, 0.25) is 0 Å². The van der Waals surface area contributed by atoms with Gasteiger partial charge in [0.1, 0.15) is 6.67 Å². The molecule has 714 valence electrons. The minimum Gasteiger partial charge on any atom is -0.468 e. The molecule has 16 aliphatic rings. The Balaban J connectivity index is 0.000000159. The molecule has 19 nitrogen and oxygen atoms in total. The van der Waals surface area contributed by atoms with E-state index in [9.17, 15) is 35.5 Å². The normalized spacial score (nSPS) is 30.9. The van der Waals surface area contributed by atoms with Crippen LogP contribution in [0.15, 0.2) is 0 Å². The largest absolute Gasteiger partial charge is 0.468 e. The van der Waals surface area contributed by atoms with Crippen LogP contribution in [0.1, 0.15) is 219 Å². The number of carbonyl (C=O) groups excluding carboxylic acids is 1. The molecule has 0 saturated carbocycles. The van der Waals surface area contributed by atoms with Gasteiger partial charge in [-0.05, 0) is 480 Å². The first-order valence-corrected chi connectivity index (χ1v) is 50.3. The Bertz CT molecular complexity index is 2710. The fourth-order valence-corrected chi connectivity index (χ4v) is 25.0. The lowest BCUT2D eigenvalue weighted by Crippen LogP contribution is -2.44. The Kier molecular flexibility index (Phi) is 46.9. The Labute approximate surface area is 740 Å². The molecule has 26 heteroatoms. The highest BCUT2D eigenvalue weighted by Gasteiger charge is 2.43. The molecule has 8 atom stereocenters. The minimum atomic E-state index is -4.05. The molecule has 0 aromatic carbocycles. The summed E-state index contributed by atoms with van der Waals surface area (Å²) in [5, 5.41) is 3.62. The number of alkyl halides is 7. The Hall–Kier alpha value is -1.70. The maximum absolute atomic E-state index is 12.5. The first-order chi connectivity index (χ1) is 58.7. The van der Waals surface area contributed by atoms with Gasteiger partial charge >= 0.3 is 18.3 Å². The van der Waals surface area contributed by atoms with Crippen LogP contribution in [-0.4, -0.2) is 427 Å². The van der Waals surface area contributed by atoms with Gasteiger partial charge in [-0.1, -0.05) is 6.92 Å².